The van der Waals surface area contributed by atoms with Crippen molar-refractivity contribution in [1.82, 2.24) is 4.98 Å². The van der Waals surface area contributed by atoms with E-state index >= 15 is 0 Å². The predicted octanol–water partition coefficient (Wildman–Crippen LogP) is 2.79. The fourth-order valence-electron chi connectivity index (χ4n) is 2.41. The van der Waals surface area contributed by atoms with Gasteiger partial charge in [-0.2, -0.15) is 5.26 Å². The average molecular weight is 259 g/mol. The second kappa shape index (κ2) is 6.03. The van der Waals surface area contributed by atoms with E-state index in [1.807, 2.05) is 12.1 Å². The van der Waals surface area contributed by atoms with Crippen LogP contribution in [0.1, 0.15) is 56.7 Å². The van der Waals surface area contributed by atoms with Gasteiger partial charge < -0.3 is 10.4 Å². The van der Waals surface area contributed by atoms with Crippen molar-refractivity contribution in [3.05, 3.63) is 23.4 Å². The predicted molar refractivity (Wildman–Crippen MR) is 74.9 cm³/mol. The van der Waals surface area contributed by atoms with E-state index in [4.69, 9.17) is 5.26 Å². The van der Waals surface area contributed by atoms with Gasteiger partial charge in [0.25, 0.3) is 0 Å². The molecule has 1 aromatic rings. The number of anilines is 1. The van der Waals surface area contributed by atoms with Crippen molar-refractivity contribution in [2.45, 2.75) is 57.6 Å². The third kappa shape index (κ3) is 3.45. The molecular formula is C15H21N3O. The Bertz CT molecular complexity index is 471. The van der Waals surface area contributed by atoms with Gasteiger partial charge in [-0.05, 0) is 43.7 Å². The first-order valence-electron chi connectivity index (χ1n) is 6.95. The number of nitrogens with zero attached hydrogens (tertiary/aromatic N) is 2. The minimum Gasteiger partial charge on any atom is -0.393 e. The molecule has 2 rings (SSSR count). The number of hydrogen-bond donors (Lipinski definition) is 2. The molecule has 4 nitrogen and oxygen atoms in total. The Hall–Kier alpha value is -1.60. The molecule has 2 N–H and O–H groups in total. The van der Waals surface area contributed by atoms with Crippen molar-refractivity contribution in [2.75, 3.05) is 5.32 Å². The maximum Gasteiger partial charge on any atom is 0.144 e. The lowest BCUT2D eigenvalue weighted by molar-refractivity contribution is 0.126. The highest BCUT2D eigenvalue weighted by molar-refractivity contribution is 5.53. The summed E-state index contributed by atoms with van der Waals surface area (Å²) < 4.78 is 0. The lowest BCUT2D eigenvalue weighted by Crippen LogP contribution is -2.29. The van der Waals surface area contributed by atoms with E-state index in [-0.39, 0.29) is 6.10 Å². The Morgan fingerprint density at radius 1 is 1.32 bits per heavy atom. The Labute approximate surface area is 114 Å². The first-order valence-corrected chi connectivity index (χ1v) is 6.95. The van der Waals surface area contributed by atoms with Crippen molar-refractivity contribution in [2.24, 2.45) is 0 Å². The van der Waals surface area contributed by atoms with Gasteiger partial charge in [0.1, 0.15) is 11.9 Å². The molecule has 19 heavy (non-hydrogen) atoms. The van der Waals surface area contributed by atoms with E-state index in [1.54, 1.807) is 0 Å². The van der Waals surface area contributed by atoms with Crippen LogP contribution in [-0.2, 0) is 0 Å². The molecule has 1 aromatic heterocycles. The molecule has 0 spiro atoms. The van der Waals surface area contributed by atoms with Crippen LogP contribution in [0.15, 0.2) is 12.1 Å². The van der Waals surface area contributed by atoms with Gasteiger partial charge >= 0.3 is 0 Å². The minimum absolute atomic E-state index is 0.163. The molecule has 1 saturated carbocycles. The lowest BCUT2D eigenvalue weighted by atomic mass is 9.93. The van der Waals surface area contributed by atoms with Crippen molar-refractivity contribution in [1.29, 1.82) is 5.26 Å². The van der Waals surface area contributed by atoms with Gasteiger partial charge in [0.2, 0.25) is 0 Å². The molecule has 0 aliphatic heterocycles. The number of rotatable bonds is 3. The third-order valence-electron chi connectivity index (χ3n) is 3.67. The number of aliphatic hydroxyl groups is 1. The van der Waals surface area contributed by atoms with Crippen LogP contribution in [0.2, 0.25) is 0 Å². The molecule has 0 atom stereocenters. The van der Waals surface area contributed by atoms with Crippen LogP contribution in [0.4, 0.5) is 5.82 Å². The third-order valence-corrected chi connectivity index (χ3v) is 3.67. The first kappa shape index (κ1) is 13.8. The van der Waals surface area contributed by atoms with E-state index in [0.717, 1.165) is 31.4 Å². The van der Waals surface area contributed by atoms with E-state index in [2.05, 4.69) is 30.2 Å². The quantitative estimate of drug-likeness (QED) is 0.875. The minimum atomic E-state index is -0.163. The van der Waals surface area contributed by atoms with Gasteiger partial charge in [-0.25, -0.2) is 4.98 Å². The molecule has 1 aliphatic rings. The van der Waals surface area contributed by atoms with Crippen LogP contribution in [0.3, 0.4) is 0 Å². The Morgan fingerprint density at radius 2 is 2.00 bits per heavy atom. The second-order valence-corrected chi connectivity index (χ2v) is 5.55. The summed E-state index contributed by atoms with van der Waals surface area (Å²) in [5.74, 6) is 1.04. The summed E-state index contributed by atoms with van der Waals surface area (Å²) in [6, 6.07) is 6.25. The molecule has 4 heteroatoms. The molecular weight excluding hydrogens is 238 g/mol. The molecule has 0 radical (unpaired) electrons. The van der Waals surface area contributed by atoms with Gasteiger partial charge in [-0.1, -0.05) is 13.8 Å². The zero-order valence-electron chi connectivity index (χ0n) is 11.6. The number of nitrogens with one attached hydrogen (secondary N) is 1. The van der Waals surface area contributed by atoms with Crippen LogP contribution in [0, 0.1) is 11.3 Å². The highest BCUT2D eigenvalue weighted by Gasteiger charge is 2.20. The van der Waals surface area contributed by atoms with Gasteiger partial charge in [-0.15, -0.1) is 0 Å². The van der Waals surface area contributed by atoms with Crippen LogP contribution in [-0.4, -0.2) is 22.2 Å². The maximum absolute atomic E-state index is 9.51. The lowest BCUT2D eigenvalue weighted by Gasteiger charge is -2.27. The summed E-state index contributed by atoms with van der Waals surface area (Å²) >= 11 is 0. The monoisotopic (exact) mass is 259 g/mol. The molecule has 0 amide bonds. The summed E-state index contributed by atoms with van der Waals surface area (Å²) in [4.78, 5) is 4.56. The second-order valence-electron chi connectivity index (χ2n) is 5.55. The number of aromatic nitrogens is 1. The van der Waals surface area contributed by atoms with Crippen molar-refractivity contribution in [3.8, 4) is 6.07 Å². The van der Waals surface area contributed by atoms with Crippen LogP contribution in [0.5, 0.6) is 0 Å². The van der Waals surface area contributed by atoms with E-state index in [0.29, 0.717) is 23.3 Å². The van der Waals surface area contributed by atoms with Crippen LogP contribution >= 0.6 is 0 Å². The summed E-state index contributed by atoms with van der Waals surface area (Å²) in [5, 5.41) is 22.0. The number of nitriles is 1. The van der Waals surface area contributed by atoms with E-state index < -0.39 is 0 Å². The van der Waals surface area contributed by atoms with Gasteiger partial charge in [-0.3, -0.25) is 0 Å². The first-order chi connectivity index (χ1) is 9.10. The Balaban J connectivity index is 2.14. The molecule has 1 aliphatic carbocycles. The average Bonchev–Trinajstić information content (AvgIpc) is 2.41. The fourth-order valence-corrected chi connectivity index (χ4v) is 2.41. The summed E-state index contributed by atoms with van der Waals surface area (Å²) in [6.07, 6.45) is 3.34. The van der Waals surface area contributed by atoms with Gasteiger partial charge in [0.15, 0.2) is 0 Å². The normalized spacial score (nSPS) is 23.1. The highest BCUT2D eigenvalue weighted by Crippen LogP contribution is 2.24. The smallest absolute Gasteiger partial charge is 0.144 e. The van der Waals surface area contributed by atoms with Gasteiger partial charge in [0.05, 0.1) is 11.7 Å². The van der Waals surface area contributed by atoms with Crippen LogP contribution < -0.4 is 5.32 Å². The van der Waals surface area contributed by atoms with E-state index in [1.165, 1.54) is 0 Å². The summed E-state index contributed by atoms with van der Waals surface area (Å²) in [5.41, 5.74) is 1.59. The standard InChI is InChI=1S/C15H21N3O/c1-10(2)14-8-3-11(9-16)15(18-14)17-12-4-6-13(19)7-5-12/h3,8,10,12-13,19H,4-7H2,1-2H3,(H,17,18). The van der Waals surface area contributed by atoms with Gasteiger partial charge in [0, 0.05) is 11.7 Å². The molecule has 0 bridgehead atoms. The zero-order valence-corrected chi connectivity index (χ0v) is 11.6. The van der Waals surface area contributed by atoms with Crippen molar-refractivity contribution >= 4 is 5.82 Å². The highest BCUT2D eigenvalue weighted by atomic mass is 16.3. The molecule has 1 fully saturated rings. The Morgan fingerprint density at radius 3 is 2.58 bits per heavy atom. The summed E-state index contributed by atoms with van der Waals surface area (Å²) in [7, 11) is 0. The molecule has 0 unspecified atom stereocenters. The molecule has 1 heterocycles. The SMILES string of the molecule is CC(C)c1ccc(C#N)c(NC2CCC(O)CC2)n1. The van der Waals surface area contributed by atoms with E-state index in [9.17, 15) is 5.11 Å². The number of aliphatic hydroxyl groups excluding tert-OH is 1. The molecule has 0 aromatic carbocycles. The zero-order chi connectivity index (χ0) is 13.8. The molecule has 102 valence electrons. The largest absolute Gasteiger partial charge is 0.393 e. The van der Waals surface area contributed by atoms with Crippen LogP contribution in [0.25, 0.3) is 0 Å². The topological polar surface area (TPSA) is 68.9 Å². The Kier molecular flexibility index (Phi) is 4.39. The van der Waals surface area contributed by atoms with Crippen molar-refractivity contribution < 1.29 is 5.11 Å². The molecule has 0 saturated heterocycles. The fraction of sp³-hybridized carbons (Fsp3) is 0.600. The summed E-state index contributed by atoms with van der Waals surface area (Å²) in [6.45, 7) is 4.18. The maximum atomic E-state index is 9.51. The number of hydrogen-bond acceptors (Lipinski definition) is 4. The number of pyridine rings is 1. The van der Waals surface area contributed by atoms with Crippen molar-refractivity contribution in [3.63, 3.8) is 0 Å².